The summed E-state index contributed by atoms with van der Waals surface area (Å²) in [6.45, 7) is 2.37. The highest BCUT2D eigenvalue weighted by atomic mass is 15.3. The fraction of sp³-hybridized carbons (Fsp3) is 0.316. The van der Waals surface area contributed by atoms with Crippen LogP contribution in [0.2, 0.25) is 0 Å². The quantitative estimate of drug-likeness (QED) is 0.830. The van der Waals surface area contributed by atoms with Crippen LogP contribution >= 0.6 is 0 Å². The van der Waals surface area contributed by atoms with E-state index in [2.05, 4.69) is 78.8 Å². The Morgan fingerprint density at radius 3 is 2.62 bits per heavy atom. The molecule has 4 rings (SSSR count). The Bertz CT molecular complexity index is 635. The molecule has 0 amide bonds. The van der Waals surface area contributed by atoms with Crippen LogP contribution in [-0.4, -0.2) is 6.04 Å². The van der Waals surface area contributed by atoms with Crippen LogP contribution in [-0.2, 0) is 0 Å². The summed E-state index contributed by atoms with van der Waals surface area (Å²) in [5.41, 5.74) is 2.81. The molecule has 106 valence electrons. The Labute approximate surface area is 126 Å². The minimum atomic E-state index is 0.518. The van der Waals surface area contributed by atoms with Crippen molar-refractivity contribution in [3.8, 4) is 0 Å². The van der Waals surface area contributed by atoms with Gasteiger partial charge < -0.3 is 4.90 Å². The Kier molecular flexibility index (Phi) is 3.12. The van der Waals surface area contributed by atoms with E-state index in [-0.39, 0.29) is 0 Å². The SMILES string of the molecule is C[C@@H](c1ccccc1)[NH+]1[C@H]2C=C[C@H](C2)[C@@H]1c1cccc[nH+]1. The van der Waals surface area contributed by atoms with E-state index in [4.69, 9.17) is 0 Å². The van der Waals surface area contributed by atoms with Gasteiger partial charge in [0.25, 0.3) is 0 Å². The normalized spacial score (nSPS) is 31.5. The van der Waals surface area contributed by atoms with E-state index in [1.54, 1.807) is 4.90 Å². The number of quaternary nitrogens is 1. The highest BCUT2D eigenvalue weighted by Crippen LogP contribution is 2.35. The van der Waals surface area contributed by atoms with Gasteiger partial charge in [-0.1, -0.05) is 36.4 Å². The molecular weight excluding hydrogens is 256 g/mol. The van der Waals surface area contributed by atoms with Gasteiger partial charge >= 0.3 is 0 Å². The van der Waals surface area contributed by atoms with Gasteiger partial charge in [-0.2, -0.15) is 0 Å². The molecule has 2 heteroatoms. The summed E-state index contributed by atoms with van der Waals surface area (Å²) >= 11 is 0. The molecule has 0 saturated carbocycles. The van der Waals surface area contributed by atoms with Crippen LogP contribution in [0.1, 0.15) is 36.7 Å². The standard InChI is InChI=1S/C19H20N2/c1-14(15-7-3-2-4-8-15)21-17-11-10-16(13-17)19(21)18-9-5-6-12-20-18/h2-12,14,16-17,19H,13H2,1H3/p+2/t14-,16+,17-,19+/m0/s1. The number of benzene rings is 1. The van der Waals surface area contributed by atoms with E-state index < -0.39 is 0 Å². The minimum Gasteiger partial charge on any atom is -0.312 e. The van der Waals surface area contributed by atoms with Gasteiger partial charge in [0.15, 0.2) is 12.2 Å². The lowest BCUT2D eigenvalue weighted by Crippen LogP contribution is -3.14. The molecule has 2 bridgehead atoms. The molecular formula is C19H22N2+2. The molecule has 2 aromatic rings. The van der Waals surface area contributed by atoms with Crippen LogP contribution in [0.5, 0.6) is 0 Å². The lowest BCUT2D eigenvalue weighted by molar-refractivity contribution is -0.970. The molecule has 1 fully saturated rings. The highest BCUT2D eigenvalue weighted by molar-refractivity contribution is 5.20. The van der Waals surface area contributed by atoms with Crippen molar-refractivity contribution < 1.29 is 9.88 Å². The van der Waals surface area contributed by atoms with Crippen LogP contribution in [0.25, 0.3) is 0 Å². The number of aromatic amines is 1. The van der Waals surface area contributed by atoms with Crippen LogP contribution in [0, 0.1) is 5.92 Å². The molecule has 1 aliphatic heterocycles. The van der Waals surface area contributed by atoms with E-state index in [0.717, 1.165) is 0 Å². The van der Waals surface area contributed by atoms with Crippen LogP contribution in [0.4, 0.5) is 0 Å². The van der Waals surface area contributed by atoms with E-state index >= 15 is 0 Å². The van der Waals surface area contributed by atoms with Gasteiger partial charge in [0.1, 0.15) is 12.1 Å². The third-order valence-electron chi connectivity index (χ3n) is 5.20. The maximum absolute atomic E-state index is 3.48. The van der Waals surface area contributed by atoms with Crippen molar-refractivity contribution in [2.24, 2.45) is 5.92 Å². The fourth-order valence-electron chi connectivity index (χ4n) is 4.23. The van der Waals surface area contributed by atoms with Gasteiger partial charge in [-0.05, 0) is 19.1 Å². The number of nitrogens with one attached hydrogen (secondary N) is 2. The number of pyridine rings is 1. The predicted molar refractivity (Wildman–Crippen MR) is 82.6 cm³/mol. The Morgan fingerprint density at radius 2 is 1.86 bits per heavy atom. The number of likely N-dealkylation sites (tertiary alicyclic amines) is 1. The molecule has 5 atom stereocenters. The summed E-state index contributed by atoms with van der Waals surface area (Å²) in [4.78, 5) is 5.17. The number of rotatable bonds is 3. The Hall–Kier alpha value is -1.93. The largest absolute Gasteiger partial charge is 0.312 e. The second-order valence-electron chi connectivity index (χ2n) is 6.32. The summed E-state index contributed by atoms with van der Waals surface area (Å²) < 4.78 is 0. The number of fused-ring (bicyclic) bond motifs is 2. The van der Waals surface area contributed by atoms with Crippen molar-refractivity contribution in [1.82, 2.24) is 0 Å². The third kappa shape index (κ3) is 2.11. The van der Waals surface area contributed by atoms with Gasteiger partial charge in [-0.25, -0.2) is 4.98 Å². The average Bonchev–Trinajstić information content (AvgIpc) is 3.17. The summed E-state index contributed by atoms with van der Waals surface area (Å²) in [6, 6.07) is 19.1. The Morgan fingerprint density at radius 1 is 1.05 bits per heavy atom. The van der Waals surface area contributed by atoms with E-state index in [1.165, 1.54) is 17.7 Å². The zero-order valence-electron chi connectivity index (χ0n) is 12.4. The van der Waals surface area contributed by atoms with Crippen molar-refractivity contribution in [3.63, 3.8) is 0 Å². The average molecular weight is 278 g/mol. The number of H-pyrrole nitrogens is 1. The van der Waals surface area contributed by atoms with Crippen LogP contribution in [0.15, 0.2) is 66.9 Å². The van der Waals surface area contributed by atoms with Gasteiger partial charge in [0.05, 0.1) is 0 Å². The van der Waals surface area contributed by atoms with E-state index in [1.807, 2.05) is 0 Å². The van der Waals surface area contributed by atoms with Crippen molar-refractivity contribution in [2.75, 3.05) is 0 Å². The maximum Gasteiger partial charge on any atom is 0.238 e. The van der Waals surface area contributed by atoms with Crippen LogP contribution < -0.4 is 9.88 Å². The summed E-state index contributed by atoms with van der Waals surface area (Å²) in [5.74, 6) is 0.676. The molecule has 1 aromatic heterocycles. The zero-order valence-corrected chi connectivity index (χ0v) is 12.4. The molecule has 1 saturated heterocycles. The maximum atomic E-state index is 3.48. The molecule has 0 spiro atoms. The topological polar surface area (TPSA) is 18.6 Å². The lowest BCUT2D eigenvalue weighted by atomic mass is 9.96. The van der Waals surface area contributed by atoms with Crippen LogP contribution in [0.3, 0.4) is 0 Å². The zero-order chi connectivity index (χ0) is 14.2. The second-order valence-corrected chi connectivity index (χ2v) is 6.32. The second kappa shape index (κ2) is 5.12. The van der Waals surface area contributed by atoms with Crippen molar-refractivity contribution in [3.05, 3.63) is 78.1 Å². The molecule has 2 N–H and O–H groups in total. The van der Waals surface area contributed by atoms with Crippen molar-refractivity contribution in [1.29, 1.82) is 0 Å². The molecule has 2 nitrogen and oxygen atoms in total. The molecule has 2 aliphatic rings. The number of aromatic nitrogens is 1. The first-order valence-electron chi connectivity index (χ1n) is 7.91. The van der Waals surface area contributed by atoms with Gasteiger partial charge in [-0.15, -0.1) is 0 Å². The first-order chi connectivity index (χ1) is 10.3. The number of hydrogen-bond acceptors (Lipinski definition) is 0. The lowest BCUT2D eigenvalue weighted by Gasteiger charge is -2.32. The first-order valence-corrected chi connectivity index (χ1v) is 7.91. The molecule has 2 heterocycles. The van der Waals surface area contributed by atoms with E-state index in [9.17, 15) is 0 Å². The minimum absolute atomic E-state index is 0.518. The van der Waals surface area contributed by atoms with E-state index in [0.29, 0.717) is 24.0 Å². The molecule has 0 radical (unpaired) electrons. The molecule has 21 heavy (non-hydrogen) atoms. The number of hydrogen-bond donors (Lipinski definition) is 1. The van der Waals surface area contributed by atoms with Crippen molar-refractivity contribution in [2.45, 2.75) is 31.5 Å². The highest BCUT2D eigenvalue weighted by Gasteiger charge is 2.52. The first kappa shape index (κ1) is 12.8. The van der Waals surface area contributed by atoms with Gasteiger partial charge in [-0.3, -0.25) is 0 Å². The monoisotopic (exact) mass is 278 g/mol. The summed E-state index contributed by atoms with van der Waals surface area (Å²) in [5, 5.41) is 0. The molecule has 1 unspecified atom stereocenters. The fourth-order valence-corrected chi connectivity index (χ4v) is 4.23. The Balaban J connectivity index is 1.71. The summed E-state index contributed by atoms with van der Waals surface area (Å²) in [6.07, 6.45) is 8.20. The predicted octanol–water partition coefficient (Wildman–Crippen LogP) is 2.15. The molecule has 1 aliphatic carbocycles. The van der Waals surface area contributed by atoms with Crippen molar-refractivity contribution >= 4 is 0 Å². The van der Waals surface area contributed by atoms with Gasteiger partial charge in [0, 0.05) is 30.0 Å². The van der Waals surface area contributed by atoms with Gasteiger partial charge in [0.2, 0.25) is 5.69 Å². The smallest absolute Gasteiger partial charge is 0.238 e. The summed E-state index contributed by atoms with van der Waals surface area (Å²) in [7, 11) is 0. The third-order valence-corrected chi connectivity index (χ3v) is 5.20. The molecule has 1 aromatic carbocycles.